The van der Waals surface area contributed by atoms with E-state index in [1.165, 1.54) is 11.8 Å². The molecule has 0 spiro atoms. The number of thiazole rings is 1. The number of benzene rings is 1. The summed E-state index contributed by atoms with van der Waals surface area (Å²) in [5.41, 5.74) is 6.27. The number of likely N-dealkylation sites (tertiary alicyclic amines) is 1. The van der Waals surface area contributed by atoms with E-state index in [1.807, 2.05) is 12.1 Å². The first-order valence-corrected chi connectivity index (χ1v) is 12.6. The van der Waals surface area contributed by atoms with E-state index in [4.69, 9.17) is 15.0 Å². The molecular formula is C24H31N7O7S. The van der Waals surface area contributed by atoms with E-state index in [0.717, 1.165) is 29.7 Å². The van der Waals surface area contributed by atoms with Crippen LogP contribution in [-0.2, 0) is 22.4 Å². The number of aliphatic imine (C=N–C) groups is 1. The van der Waals surface area contributed by atoms with Gasteiger partial charge in [0.25, 0.3) is 5.91 Å². The molecule has 0 unspecified atom stereocenters. The Morgan fingerprint density at radius 1 is 1.18 bits per heavy atom. The van der Waals surface area contributed by atoms with Crippen molar-refractivity contribution in [1.29, 1.82) is 0 Å². The molecule has 6 N–H and O–H groups in total. The Kier molecular flexibility index (Phi) is 11.3. The summed E-state index contributed by atoms with van der Waals surface area (Å²) in [5.74, 6) is -0.629. The number of carbonyl (C=O) groups excluding carboxylic acids is 3. The molecular weight excluding hydrogens is 530 g/mol. The predicted octanol–water partition coefficient (Wildman–Crippen LogP) is 2.32. The quantitative estimate of drug-likeness (QED) is 0.236. The monoisotopic (exact) mass is 561 g/mol. The molecule has 1 aromatic heterocycles. The minimum Gasteiger partial charge on any atom is -0.465 e. The van der Waals surface area contributed by atoms with Crippen LogP contribution in [0.25, 0.3) is 0 Å². The minimum absolute atomic E-state index is 0.105. The number of aromatic nitrogens is 1. The number of primary amides is 1. The van der Waals surface area contributed by atoms with Crippen LogP contribution in [0.15, 0.2) is 29.3 Å². The molecule has 1 aromatic carbocycles. The van der Waals surface area contributed by atoms with Crippen LogP contribution in [-0.4, -0.2) is 87.9 Å². The molecule has 1 atom stereocenters. The molecule has 2 aromatic rings. The molecule has 0 bridgehead atoms. The van der Waals surface area contributed by atoms with Crippen LogP contribution in [0.5, 0.6) is 0 Å². The molecule has 39 heavy (non-hydrogen) atoms. The van der Waals surface area contributed by atoms with Crippen molar-refractivity contribution in [2.45, 2.75) is 38.6 Å². The lowest BCUT2D eigenvalue weighted by Crippen LogP contribution is -2.45. The zero-order chi connectivity index (χ0) is 29.1. The van der Waals surface area contributed by atoms with Gasteiger partial charge in [-0.1, -0.05) is 23.5 Å². The molecule has 0 aliphatic carbocycles. The van der Waals surface area contributed by atoms with Crippen molar-refractivity contribution >= 4 is 58.4 Å². The fourth-order valence-electron chi connectivity index (χ4n) is 3.78. The molecule has 3 rings (SSSR count). The van der Waals surface area contributed by atoms with Gasteiger partial charge in [-0.3, -0.25) is 14.4 Å². The molecule has 5 amide bonds. The van der Waals surface area contributed by atoms with Gasteiger partial charge in [-0.2, -0.15) is 4.99 Å². The summed E-state index contributed by atoms with van der Waals surface area (Å²) in [7, 11) is 3.35. The lowest BCUT2D eigenvalue weighted by Gasteiger charge is -2.26. The van der Waals surface area contributed by atoms with Crippen LogP contribution in [0.2, 0.25) is 0 Å². The van der Waals surface area contributed by atoms with Crippen LogP contribution in [0.3, 0.4) is 0 Å². The van der Waals surface area contributed by atoms with Gasteiger partial charge in [-0.15, -0.1) is 0 Å². The number of anilines is 2. The highest BCUT2D eigenvalue weighted by molar-refractivity contribution is 7.17. The highest BCUT2D eigenvalue weighted by Crippen LogP contribution is 2.29. The first-order valence-electron chi connectivity index (χ1n) is 11.8. The molecule has 1 fully saturated rings. The van der Waals surface area contributed by atoms with Gasteiger partial charge in [-0.05, 0) is 43.4 Å². The third kappa shape index (κ3) is 9.70. The van der Waals surface area contributed by atoms with Crippen molar-refractivity contribution in [3.63, 3.8) is 0 Å². The fraction of sp³-hybridized carbons (Fsp3) is 0.375. The molecule has 14 nitrogen and oxygen atoms in total. The summed E-state index contributed by atoms with van der Waals surface area (Å²) < 4.78 is 0. The maximum absolute atomic E-state index is 13.5. The van der Waals surface area contributed by atoms with E-state index in [0.29, 0.717) is 47.2 Å². The Labute approximate surface area is 228 Å². The number of nitrogens with two attached hydrogens (primary N) is 1. The molecule has 1 aliphatic rings. The Morgan fingerprint density at radius 2 is 1.82 bits per heavy atom. The van der Waals surface area contributed by atoms with Crippen molar-refractivity contribution in [3.8, 4) is 0 Å². The van der Waals surface area contributed by atoms with Crippen LogP contribution in [0, 0.1) is 0 Å². The molecule has 0 radical (unpaired) electrons. The van der Waals surface area contributed by atoms with E-state index in [1.54, 1.807) is 31.1 Å². The van der Waals surface area contributed by atoms with Gasteiger partial charge < -0.3 is 36.4 Å². The number of likely N-dealkylation sites (N-methyl/N-ethyl adjacent to an activating group) is 1. The summed E-state index contributed by atoms with van der Waals surface area (Å²) in [6.07, 6.45) is 0.902. The SMILES string of the molecule is CC(=O)Nc1nc(CCc2ccc(NC=NC(=O)O)cc2)c(C(=O)N2CCC[C@H]2C(=O)N(C)C)s1.NC(=O)O. The summed E-state index contributed by atoms with van der Waals surface area (Å²) in [4.78, 5) is 68.1. The third-order valence-corrected chi connectivity index (χ3v) is 6.43. The molecule has 15 heteroatoms. The van der Waals surface area contributed by atoms with Crippen LogP contribution in [0.4, 0.5) is 20.4 Å². The van der Waals surface area contributed by atoms with Crippen molar-refractivity contribution in [3.05, 3.63) is 40.4 Å². The predicted molar refractivity (Wildman–Crippen MR) is 145 cm³/mol. The van der Waals surface area contributed by atoms with E-state index in [-0.39, 0.29) is 17.7 Å². The number of hydrogen-bond acceptors (Lipinski definition) is 7. The first kappa shape index (κ1) is 30.7. The lowest BCUT2D eigenvalue weighted by atomic mass is 10.1. The van der Waals surface area contributed by atoms with Crippen molar-refractivity contribution < 1.29 is 34.2 Å². The summed E-state index contributed by atoms with van der Waals surface area (Å²) in [6, 6.07) is 6.85. The number of nitrogens with one attached hydrogen (secondary N) is 2. The topological polar surface area (TPSA) is 208 Å². The van der Waals surface area contributed by atoms with Gasteiger partial charge in [0.2, 0.25) is 11.8 Å². The van der Waals surface area contributed by atoms with Gasteiger partial charge in [0.15, 0.2) is 5.13 Å². The summed E-state index contributed by atoms with van der Waals surface area (Å²) in [6.45, 7) is 1.88. The zero-order valence-corrected chi connectivity index (χ0v) is 22.5. The standard InChI is InChI=1S/C23H28N6O5S.CH3NO2/c1-14(30)26-22-27-17(11-8-15-6-9-16(10-7-15)24-13-25-23(33)34)19(35-22)21(32)29-12-4-5-18(29)20(31)28(2)3;2-1(3)4/h6-7,9-10,13,18H,4-5,8,11-12H2,1-3H3,(H,24,25)(H,33,34)(H,26,27,30);2H2,(H,3,4)/t18-;/m0./s1. The largest absolute Gasteiger partial charge is 0.465 e. The van der Waals surface area contributed by atoms with E-state index in [9.17, 15) is 19.2 Å². The Morgan fingerprint density at radius 3 is 2.38 bits per heavy atom. The highest BCUT2D eigenvalue weighted by Gasteiger charge is 2.37. The van der Waals surface area contributed by atoms with E-state index < -0.39 is 18.2 Å². The average Bonchev–Trinajstić information content (AvgIpc) is 3.49. The second-order valence-electron chi connectivity index (χ2n) is 8.59. The first-order chi connectivity index (χ1) is 18.4. The van der Waals surface area contributed by atoms with Crippen molar-refractivity contribution in [1.82, 2.24) is 14.8 Å². The number of hydrogen-bond donors (Lipinski definition) is 5. The molecule has 1 aliphatic heterocycles. The van der Waals surface area contributed by atoms with Crippen LogP contribution >= 0.6 is 11.3 Å². The Hall–Kier alpha value is -4.53. The molecule has 210 valence electrons. The van der Waals surface area contributed by atoms with Gasteiger partial charge >= 0.3 is 12.2 Å². The number of carboxylic acid groups (broad SMARTS) is 2. The second kappa shape index (κ2) is 14.4. The number of amides is 5. The normalized spacial score (nSPS) is 14.3. The van der Waals surface area contributed by atoms with Crippen molar-refractivity contribution in [2.24, 2.45) is 10.7 Å². The summed E-state index contributed by atoms with van der Waals surface area (Å²) in [5, 5.41) is 21.5. The van der Waals surface area contributed by atoms with Gasteiger partial charge in [0.1, 0.15) is 10.9 Å². The van der Waals surface area contributed by atoms with Gasteiger partial charge in [0.05, 0.1) is 12.0 Å². The maximum atomic E-state index is 13.5. The Bertz CT molecular complexity index is 1220. The van der Waals surface area contributed by atoms with Gasteiger partial charge in [0, 0.05) is 33.3 Å². The lowest BCUT2D eigenvalue weighted by molar-refractivity contribution is -0.132. The van der Waals surface area contributed by atoms with Crippen LogP contribution in [0.1, 0.15) is 40.7 Å². The van der Waals surface area contributed by atoms with Crippen molar-refractivity contribution in [2.75, 3.05) is 31.3 Å². The fourth-order valence-corrected chi connectivity index (χ4v) is 4.79. The summed E-state index contributed by atoms with van der Waals surface area (Å²) >= 11 is 1.12. The second-order valence-corrected chi connectivity index (χ2v) is 9.58. The maximum Gasteiger partial charge on any atom is 0.432 e. The third-order valence-electron chi connectivity index (χ3n) is 5.42. The Balaban J connectivity index is 0.00000124. The van der Waals surface area contributed by atoms with Crippen LogP contribution < -0.4 is 16.4 Å². The molecule has 2 heterocycles. The number of rotatable bonds is 8. The highest BCUT2D eigenvalue weighted by atomic mass is 32.1. The average molecular weight is 562 g/mol. The van der Waals surface area contributed by atoms with E-state index in [2.05, 4.69) is 26.3 Å². The smallest absolute Gasteiger partial charge is 0.432 e. The molecule has 1 saturated heterocycles. The molecule has 0 saturated carbocycles. The van der Waals surface area contributed by atoms with E-state index >= 15 is 0 Å². The number of nitrogens with zero attached hydrogens (tertiary/aromatic N) is 4. The number of carbonyl (C=O) groups is 5. The van der Waals surface area contributed by atoms with Gasteiger partial charge in [-0.25, -0.2) is 14.6 Å². The number of aryl methyl sites for hydroxylation is 2. The zero-order valence-electron chi connectivity index (χ0n) is 21.7. The minimum atomic E-state index is -1.33.